The van der Waals surface area contributed by atoms with Crippen molar-refractivity contribution in [2.75, 3.05) is 0 Å². The smallest absolute Gasteiger partial charge is 0.282 e. The van der Waals surface area contributed by atoms with Crippen molar-refractivity contribution in [1.82, 2.24) is 0 Å². The Labute approximate surface area is 36.7 Å². The average molecular weight is 82.1 g/mol. The van der Waals surface area contributed by atoms with Gasteiger partial charge in [-0.05, 0) is 6.92 Å². The highest BCUT2D eigenvalue weighted by molar-refractivity contribution is 5.71. The molecule has 0 aliphatic rings. The molecule has 2 nitrogen and oxygen atoms in total. The van der Waals surface area contributed by atoms with Crippen molar-refractivity contribution in [2.45, 2.75) is 6.92 Å². The molecule has 0 amide bonds. The first-order chi connectivity index (χ1) is 2.77. The van der Waals surface area contributed by atoms with E-state index in [1.165, 1.54) is 6.21 Å². The minimum Gasteiger partial charge on any atom is -0.362 e. The lowest BCUT2D eigenvalue weighted by Crippen LogP contribution is -1.69. The summed E-state index contributed by atoms with van der Waals surface area (Å²) in [4.78, 5) is 2.71. The van der Waals surface area contributed by atoms with Gasteiger partial charge < -0.3 is 5.53 Å². The Morgan fingerprint density at radius 2 is 2.50 bits per heavy atom. The quantitative estimate of drug-likeness (QED) is 0.255. The molecular formula is C4H6N2. The first kappa shape index (κ1) is 5.12. The minimum atomic E-state index is 0.748. The van der Waals surface area contributed by atoms with Crippen molar-refractivity contribution >= 4 is 6.21 Å². The van der Waals surface area contributed by atoms with Crippen LogP contribution in [-0.2, 0) is 0 Å². The maximum atomic E-state index is 7.75. The van der Waals surface area contributed by atoms with Crippen LogP contribution in [0.2, 0.25) is 0 Å². The summed E-state index contributed by atoms with van der Waals surface area (Å²) in [7, 11) is 0. The maximum Gasteiger partial charge on any atom is 0.282 e. The summed E-state index contributed by atoms with van der Waals surface area (Å²) in [5.74, 6) is 0. The Hall–Kier alpha value is -0.880. The van der Waals surface area contributed by atoms with Crippen molar-refractivity contribution in [3.63, 3.8) is 0 Å². The van der Waals surface area contributed by atoms with E-state index in [0.29, 0.717) is 0 Å². The molecule has 0 N–H and O–H groups in total. The predicted molar refractivity (Wildman–Crippen MR) is 24.5 cm³/mol. The van der Waals surface area contributed by atoms with Gasteiger partial charge in [0.2, 0.25) is 0 Å². The second-order valence-electron chi connectivity index (χ2n) is 1.09. The van der Waals surface area contributed by atoms with Gasteiger partial charge in [-0.1, -0.05) is 6.58 Å². The molecule has 0 bridgehead atoms. The van der Waals surface area contributed by atoms with E-state index in [1.807, 2.05) is 0 Å². The second kappa shape index (κ2) is 2.36. The van der Waals surface area contributed by atoms with Gasteiger partial charge in [0.05, 0.1) is 0 Å². The number of rotatable bonds is 1. The molecule has 32 valence electrons. The Balaban J connectivity index is 3.60. The summed E-state index contributed by atoms with van der Waals surface area (Å²) >= 11 is 0. The van der Waals surface area contributed by atoms with Crippen LogP contribution in [0.15, 0.2) is 12.2 Å². The fourth-order valence-electron chi connectivity index (χ4n) is 0.0986. The predicted octanol–water partition coefficient (Wildman–Crippen LogP) is 0.863. The molecule has 0 heterocycles. The number of hydrogen-bond acceptors (Lipinski definition) is 0. The highest BCUT2D eigenvalue weighted by Gasteiger charge is 1.73. The zero-order valence-electron chi connectivity index (χ0n) is 3.68. The third-order valence-corrected chi connectivity index (χ3v) is 0.278. The number of allylic oxidation sites excluding steroid dienone is 1. The second-order valence-corrected chi connectivity index (χ2v) is 1.09. The molecule has 0 saturated carbocycles. The topological polar surface area (TPSA) is 36.4 Å². The van der Waals surface area contributed by atoms with E-state index in [-0.39, 0.29) is 0 Å². The van der Waals surface area contributed by atoms with E-state index >= 15 is 0 Å². The van der Waals surface area contributed by atoms with Crippen LogP contribution in [0.5, 0.6) is 0 Å². The average Bonchev–Trinajstić information content (AvgIpc) is 1.35. The standard InChI is InChI=1S/C4H6N2/c1-4(2)3-6-5/h3H,1H2,2H3. The summed E-state index contributed by atoms with van der Waals surface area (Å²) in [5.41, 5.74) is 8.49. The molecule has 0 rings (SSSR count). The van der Waals surface area contributed by atoms with Crippen LogP contribution in [0.3, 0.4) is 0 Å². The van der Waals surface area contributed by atoms with Crippen LogP contribution in [0.1, 0.15) is 6.92 Å². The molecule has 0 aliphatic carbocycles. The molecule has 0 atom stereocenters. The van der Waals surface area contributed by atoms with Crippen LogP contribution in [-0.4, -0.2) is 11.0 Å². The summed E-state index contributed by atoms with van der Waals surface area (Å²) in [6.07, 6.45) is 1.28. The van der Waals surface area contributed by atoms with Gasteiger partial charge in [-0.2, -0.15) is 4.79 Å². The first-order valence-electron chi connectivity index (χ1n) is 1.60. The molecule has 0 unspecified atom stereocenters. The lowest BCUT2D eigenvalue weighted by atomic mass is 10.4. The van der Waals surface area contributed by atoms with Crippen LogP contribution in [0, 0.1) is 0 Å². The third-order valence-electron chi connectivity index (χ3n) is 0.278. The van der Waals surface area contributed by atoms with Gasteiger partial charge in [0, 0.05) is 5.57 Å². The molecule has 0 fully saturated rings. The summed E-state index contributed by atoms with van der Waals surface area (Å²) in [6.45, 7) is 5.19. The fourth-order valence-corrected chi connectivity index (χ4v) is 0.0986. The number of nitrogens with zero attached hydrogens (tertiary/aromatic N) is 2. The Bertz CT molecular complexity index is 98.1. The first-order valence-corrected chi connectivity index (χ1v) is 1.60. The van der Waals surface area contributed by atoms with Crippen molar-refractivity contribution in [2.24, 2.45) is 0 Å². The maximum absolute atomic E-state index is 7.75. The highest BCUT2D eigenvalue weighted by atomic mass is 14.8. The summed E-state index contributed by atoms with van der Waals surface area (Å²) < 4.78 is 0. The molecule has 0 radical (unpaired) electrons. The highest BCUT2D eigenvalue weighted by Crippen LogP contribution is 1.71. The Morgan fingerprint density at radius 3 is 2.50 bits per heavy atom. The minimum absolute atomic E-state index is 0.748. The molecule has 0 aromatic carbocycles. The molecule has 0 saturated heterocycles. The molecule has 0 aromatic rings. The molecular weight excluding hydrogens is 76.1 g/mol. The Morgan fingerprint density at radius 1 is 2.00 bits per heavy atom. The molecule has 0 aromatic heterocycles. The van der Waals surface area contributed by atoms with Gasteiger partial charge in [-0.25, -0.2) is 0 Å². The van der Waals surface area contributed by atoms with Crippen molar-refractivity contribution in [3.05, 3.63) is 17.7 Å². The monoisotopic (exact) mass is 82.1 g/mol. The van der Waals surface area contributed by atoms with Crippen molar-refractivity contribution < 1.29 is 4.79 Å². The van der Waals surface area contributed by atoms with E-state index in [2.05, 4.69) is 11.4 Å². The van der Waals surface area contributed by atoms with E-state index in [1.54, 1.807) is 6.92 Å². The van der Waals surface area contributed by atoms with Gasteiger partial charge in [0.1, 0.15) is 0 Å². The van der Waals surface area contributed by atoms with E-state index in [4.69, 9.17) is 5.53 Å². The van der Waals surface area contributed by atoms with Crippen molar-refractivity contribution in [1.29, 1.82) is 0 Å². The van der Waals surface area contributed by atoms with Crippen LogP contribution in [0.25, 0.3) is 5.53 Å². The molecule has 2 heteroatoms. The molecule has 0 aliphatic heterocycles. The molecule has 0 spiro atoms. The number of hydrogen-bond donors (Lipinski definition) is 0. The third kappa shape index (κ3) is 3.12. The van der Waals surface area contributed by atoms with Gasteiger partial charge in [0.25, 0.3) is 6.21 Å². The van der Waals surface area contributed by atoms with Crippen LogP contribution in [0.4, 0.5) is 0 Å². The summed E-state index contributed by atoms with van der Waals surface area (Å²) in [6, 6.07) is 0. The zero-order valence-corrected chi connectivity index (χ0v) is 3.68. The molecule has 6 heavy (non-hydrogen) atoms. The van der Waals surface area contributed by atoms with Gasteiger partial charge in [-0.3, -0.25) is 0 Å². The van der Waals surface area contributed by atoms with Crippen molar-refractivity contribution in [3.8, 4) is 0 Å². The van der Waals surface area contributed by atoms with Gasteiger partial charge in [0.15, 0.2) is 0 Å². The largest absolute Gasteiger partial charge is 0.362 e. The van der Waals surface area contributed by atoms with E-state index in [0.717, 1.165) is 5.57 Å². The Kier molecular flexibility index (Phi) is 2.02. The summed E-state index contributed by atoms with van der Waals surface area (Å²) in [5, 5.41) is 0. The van der Waals surface area contributed by atoms with E-state index in [9.17, 15) is 0 Å². The zero-order chi connectivity index (χ0) is 4.99. The van der Waals surface area contributed by atoms with Gasteiger partial charge in [-0.15, -0.1) is 0 Å². The normalized spacial score (nSPS) is 6.17. The van der Waals surface area contributed by atoms with Crippen LogP contribution >= 0.6 is 0 Å². The van der Waals surface area contributed by atoms with Crippen LogP contribution < -0.4 is 0 Å². The SMILES string of the molecule is C=C(C)C=[N+]=[N-]. The lowest BCUT2D eigenvalue weighted by Gasteiger charge is -1.63. The van der Waals surface area contributed by atoms with E-state index < -0.39 is 0 Å². The lowest BCUT2D eigenvalue weighted by molar-refractivity contribution is 0.00429. The van der Waals surface area contributed by atoms with Gasteiger partial charge >= 0.3 is 0 Å². The fraction of sp³-hybridized carbons (Fsp3) is 0.250.